The average molecular weight is 283 g/mol. The van der Waals surface area contributed by atoms with Crippen molar-refractivity contribution in [2.45, 2.75) is 13.0 Å². The number of carboxylic acids is 1. The number of alkyl carbamates (subject to hydrolysis) is 1. The molecule has 0 heterocycles. The number of hydrogen-bond acceptors (Lipinski definition) is 4. The van der Waals surface area contributed by atoms with Gasteiger partial charge in [0.2, 0.25) is 0 Å². The minimum absolute atomic E-state index is 0.0957. The molecule has 0 saturated heterocycles. The lowest BCUT2D eigenvalue weighted by Gasteiger charge is -2.06. The molecule has 0 aliphatic heterocycles. The molecule has 2 N–H and O–H groups in total. The van der Waals surface area contributed by atoms with Crippen molar-refractivity contribution in [1.82, 2.24) is 5.32 Å². The zero-order chi connectivity index (χ0) is 13.9. The Morgan fingerprint density at radius 1 is 1.26 bits per heavy atom. The van der Waals surface area contributed by atoms with E-state index in [1.807, 2.05) is 30.3 Å². The Morgan fingerprint density at radius 3 is 2.68 bits per heavy atom. The van der Waals surface area contributed by atoms with E-state index in [0.717, 1.165) is 12.0 Å². The zero-order valence-corrected chi connectivity index (χ0v) is 11.3. The van der Waals surface area contributed by atoms with Crippen LogP contribution >= 0.6 is 11.8 Å². The van der Waals surface area contributed by atoms with Crippen LogP contribution in [0.1, 0.15) is 12.0 Å². The van der Waals surface area contributed by atoms with Crippen LogP contribution in [0.15, 0.2) is 30.3 Å². The highest BCUT2D eigenvalue weighted by Crippen LogP contribution is 2.02. The molecule has 5 nitrogen and oxygen atoms in total. The van der Waals surface area contributed by atoms with E-state index < -0.39 is 12.1 Å². The average Bonchev–Trinajstić information content (AvgIpc) is 2.41. The highest BCUT2D eigenvalue weighted by molar-refractivity contribution is 7.99. The smallest absolute Gasteiger partial charge is 0.407 e. The number of benzene rings is 1. The quantitative estimate of drug-likeness (QED) is 0.715. The van der Waals surface area contributed by atoms with Gasteiger partial charge in [0.1, 0.15) is 6.61 Å². The molecule has 6 heteroatoms. The predicted molar refractivity (Wildman–Crippen MR) is 74.2 cm³/mol. The van der Waals surface area contributed by atoms with Gasteiger partial charge in [-0.3, -0.25) is 4.79 Å². The van der Waals surface area contributed by atoms with E-state index >= 15 is 0 Å². The number of carbonyl (C=O) groups excluding carboxylic acids is 1. The van der Waals surface area contributed by atoms with Crippen molar-refractivity contribution in [3.63, 3.8) is 0 Å². The van der Waals surface area contributed by atoms with Crippen LogP contribution in [0, 0.1) is 0 Å². The number of nitrogens with one attached hydrogen (secondary N) is 1. The summed E-state index contributed by atoms with van der Waals surface area (Å²) in [6.07, 6.45) is 0.269. The largest absolute Gasteiger partial charge is 0.481 e. The van der Waals surface area contributed by atoms with Crippen LogP contribution in [0.5, 0.6) is 0 Å². The number of aliphatic carboxylic acids is 1. The predicted octanol–water partition coefficient (Wildman–Crippen LogP) is 2.12. The molecular formula is C13H17NO4S. The van der Waals surface area contributed by atoms with E-state index in [9.17, 15) is 9.59 Å². The molecule has 19 heavy (non-hydrogen) atoms. The fourth-order valence-corrected chi connectivity index (χ4v) is 1.97. The number of hydrogen-bond donors (Lipinski definition) is 2. The summed E-state index contributed by atoms with van der Waals surface area (Å²) in [5.74, 6) is -0.0239. The van der Waals surface area contributed by atoms with Crippen LogP contribution < -0.4 is 5.32 Å². The van der Waals surface area contributed by atoms with Gasteiger partial charge >= 0.3 is 12.1 Å². The van der Waals surface area contributed by atoms with Crippen LogP contribution in [0.25, 0.3) is 0 Å². The number of carbonyl (C=O) groups is 2. The standard InChI is InChI=1S/C13H17NO4S/c15-12(16)10-19-8-4-7-14-13(17)18-9-11-5-2-1-3-6-11/h1-3,5-6H,4,7-10H2,(H,14,17)(H,15,16). The molecule has 1 aromatic carbocycles. The first kappa shape index (κ1) is 15.4. The summed E-state index contributed by atoms with van der Waals surface area (Å²) >= 11 is 1.33. The summed E-state index contributed by atoms with van der Waals surface area (Å²) in [6, 6.07) is 9.44. The Hall–Kier alpha value is -1.69. The first-order valence-corrected chi connectivity index (χ1v) is 7.08. The lowest BCUT2D eigenvalue weighted by atomic mass is 10.2. The molecule has 0 aliphatic carbocycles. The second kappa shape index (κ2) is 9.27. The van der Waals surface area contributed by atoms with E-state index in [-0.39, 0.29) is 12.4 Å². The van der Waals surface area contributed by atoms with Crippen LogP contribution in [0.4, 0.5) is 4.79 Å². The molecule has 0 fully saturated rings. The highest BCUT2D eigenvalue weighted by Gasteiger charge is 2.02. The van der Waals surface area contributed by atoms with Gasteiger partial charge in [0.05, 0.1) is 5.75 Å². The Bertz CT molecular complexity index is 397. The van der Waals surface area contributed by atoms with E-state index in [1.165, 1.54) is 11.8 Å². The summed E-state index contributed by atoms with van der Waals surface area (Å²) in [4.78, 5) is 21.6. The van der Waals surface area contributed by atoms with Gasteiger partial charge in [0.25, 0.3) is 0 Å². The van der Waals surface area contributed by atoms with Crippen molar-refractivity contribution < 1.29 is 19.4 Å². The molecule has 1 aromatic rings. The van der Waals surface area contributed by atoms with Gasteiger partial charge in [-0.2, -0.15) is 11.8 Å². The molecule has 104 valence electrons. The molecule has 0 atom stereocenters. The van der Waals surface area contributed by atoms with Gasteiger partial charge in [0, 0.05) is 6.54 Å². The van der Waals surface area contributed by atoms with Gasteiger partial charge in [-0.1, -0.05) is 30.3 Å². The van der Waals surface area contributed by atoms with E-state index in [0.29, 0.717) is 12.3 Å². The highest BCUT2D eigenvalue weighted by atomic mass is 32.2. The SMILES string of the molecule is O=C(O)CSCCCNC(=O)OCc1ccccc1. The third-order valence-electron chi connectivity index (χ3n) is 2.17. The van der Waals surface area contributed by atoms with Crippen molar-refractivity contribution in [2.24, 2.45) is 0 Å². The summed E-state index contributed by atoms with van der Waals surface area (Å²) in [7, 11) is 0. The van der Waals surface area contributed by atoms with Crippen molar-refractivity contribution in [2.75, 3.05) is 18.1 Å². The Kier molecular flexibility index (Phi) is 7.50. The van der Waals surface area contributed by atoms with Crippen molar-refractivity contribution in [1.29, 1.82) is 0 Å². The minimum atomic E-state index is -0.819. The van der Waals surface area contributed by atoms with Crippen LogP contribution in [0.2, 0.25) is 0 Å². The molecular weight excluding hydrogens is 266 g/mol. The maximum atomic E-state index is 11.3. The maximum Gasteiger partial charge on any atom is 0.407 e. The second-order valence-electron chi connectivity index (χ2n) is 3.79. The minimum Gasteiger partial charge on any atom is -0.481 e. The zero-order valence-electron chi connectivity index (χ0n) is 10.5. The fraction of sp³-hybridized carbons (Fsp3) is 0.385. The first-order valence-electron chi connectivity index (χ1n) is 5.92. The second-order valence-corrected chi connectivity index (χ2v) is 4.89. The number of amides is 1. The van der Waals surface area contributed by atoms with Gasteiger partial charge in [-0.05, 0) is 17.7 Å². The van der Waals surface area contributed by atoms with Gasteiger partial charge in [0.15, 0.2) is 0 Å². The number of thioether (sulfide) groups is 1. The van der Waals surface area contributed by atoms with Crippen LogP contribution in [-0.2, 0) is 16.1 Å². The third-order valence-corrected chi connectivity index (χ3v) is 3.20. The van der Waals surface area contributed by atoms with Gasteiger partial charge in [-0.15, -0.1) is 0 Å². The Labute approximate surface area is 116 Å². The molecule has 0 unspecified atom stereocenters. The summed E-state index contributed by atoms with van der Waals surface area (Å²) in [5.41, 5.74) is 0.940. The summed E-state index contributed by atoms with van der Waals surface area (Å²) in [5, 5.41) is 11.0. The monoisotopic (exact) mass is 283 g/mol. The molecule has 0 bridgehead atoms. The normalized spacial score (nSPS) is 9.89. The lowest BCUT2D eigenvalue weighted by Crippen LogP contribution is -2.25. The molecule has 0 radical (unpaired) electrons. The molecule has 1 amide bonds. The topological polar surface area (TPSA) is 75.6 Å². The molecule has 0 aliphatic rings. The van der Waals surface area contributed by atoms with E-state index in [2.05, 4.69) is 5.32 Å². The third kappa shape index (κ3) is 8.10. The van der Waals surface area contributed by atoms with Gasteiger partial charge in [-0.25, -0.2) is 4.79 Å². The van der Waals surface area contributed by atoms with Gasteiger partial charge < -0.3 is 15.2 Å². The summed E-state index contributed by atoms with van der Waals surface area (Å²) < 4.78 is 5.02. The summed E-state index contributed by atoms with van der Waals surface area (Å²) in [6.45, 7) is 0.737. The fourth-order valence-electron chi connectivity index (χ4n) is 1.30. The van der Waals surface area contributed by atoms with E-state index in [1.54, 1.807) is 0 Å². The van der Waals surface area contributed by atoms with E-state index in [4.69, 9.17) is 9.84 Å². The van der Waals surface area contributed by atoms with Crippen molar-refractivity contribution in [3.8, 4) is 0 Å². The van der Waals surface area contributed by atoms with Crippen LogP contribution in [-0.4, -0.2) is 35.2 Å². The maximum absolute atomic E-state index is 11.3. The van der Waals surface area contributed by atoms with Crippen LogP contribution in [0.3, 0.4) is 0 Å². The Balaban J connectivity index is 2.01. The Morgan fingerprint density at radius 2 is 2.00 bits per heavy atom. The molecule has 0 aromatic heterocycles. The molecule has 0 spiro atoms. The van der Waals surface area contributed by atoms with Crippen molar-refractivity contribution in [3.05, 3.63) is 35.9 Å². The van der Waals surface area contributed by atoms with Crippen molar-refractivity contribution >= 4 is 23.8 Å². The lowest BCUT2D eigenvalue weighted by molar-refractivity contribution is -0.133. The number of ether oxygens (including phenoxy) is 1. The first-order chi connectivity index (χ1) is 9.18. The number of rotatable bonds is 8. The molecule has 1 rings (SSSR count). The molecule has 0 saturated carbocycles. The number of carboxylic acid groups (broad SMARTS) is 1.